The zero-order valence-corrected chi connectivity index (χ0v) is 13.0. The molecule has 0 aliphatic rings. The molecule has 0 aliphatic carbocycles. The third kappa shape index (κ3) is 3.89. The molecule has 0 saturated carbocycles. The Kier molecular flexibility index (Phi) is 4.56. The van der Waals surface area contributed by atoms with Gasteiger partial charge in [-0.05, 0) is 42.0 Å². The molecule has 0 saturated heterocycles. The lowest BCUT2D eigenvalue weighted by molar-refractivity contribution is 0.0999. The Morgan fingerprint density at radius 3 is 2.64 bits per heavy atom. The van der Waals surface area contributed by atoms with Gasteiger partial charge in [0, 0.05) is 23.7 Å². The van der Waals surface area contributed by atoms with Gasteiger partial charge in [-0.15, -0.1) is 0 Å². The number of primary amides is 1. The Labute approximate surface area is 142 Å². The molecule has 0 radical (unpaired) electrons. The average molecular weight is 339 g/mol. The molecule has 126 valence electrons. The minimum atomic E-state index is -0.649. The molecule has 7 heteroatoms. The Hall–Kier alpha value is -3.48. The highest BCUT2D eigenvalue weighted by atomic mass is 19.1. The van der Waals surface area contributed by atoms with E-state index >= 15 is 0 Å². The SMILES string of the molecule is NC(=O)c1cc(O)ccc1Cc1cncnc1Oc1ccc(F)cc1. The molecule has 0 unspecified atom stereocenters. The highest BCUT2D eigenvalue weighted by molar-refractivity contribution is 5.94. The summed E-state index contributed by atoms with van der Waals surface area (Å²) in [4.78, 5) is 19.6. The Balaban J connectivity index is 1.91. The number of benzene rings is 2. The summed E-state index contributed by atoms with van der Waals surface area (Å²) in [6, 6.07) is 9.90. The number of aromatic nitrogens is 2. The second-order valence-electron chi connectivity index (χ2n) is 5.29. The number of carbonyl (C=O) groups is 1. The summed E-state index contributed by atoms with van der Waals surface area (Å²) in [7, 11) is 0. The van der Waals surface area contributed by atoms with E-state index in [4.69, 9.17) is 10.5 Å². The van der Waals surface area contributed by atoms with Crippen LogP contribution in [0.15, 0.2) is 55.0 Å². The van der Waals surface area contributed by atoms with Crippen molar-refractivity contribution in [1.29, 1.82) is 0 Å². The average Bonchev–Trinajstić information content (AvgIpc) is 2.60. The van der Waals surface area contributed by atoms with Gasteiger partial charge in [-0.3, -0.25) is 4.79 Å². The zero-order chi connectivity index (χ0) is 17.8. The monoisotopic (exact) mass is 339 g/mol. The summed E-state index contributed by atoms with van der Waals surface area (Å²) in [6.07, 6.45) is 3.16. The second kappa shape index (κ2) is 6.96. The van der Waals surface area contributed by atoms with Crippen molar-refractivity contribution in [2.75, 3.05) is 0 Å². The van der Waals surface area contributed by atoms with Gasteiger partial charge in [0.2, 0.25) is 11.8 Å². The number of nitrogens with zero attached hydrogens (tertiary/aromatic N) is 2. The smallest absolute Gasteiger partial charge is 0.249 e. The summed E-state index contributed by atoms with van der Waals surface area (Å²) in [5, 5.41) is 9.54. The fraction of sp³-hybridized carbons (Fsp3) is 0.0556. The molecule has 1 heterocycles. The lowest BCUT2D eigenvalue weighted by Gasteiger charge is -2.11. The van der Waals surface area contributed by atoms with Gasteiger partial charge >= 0.3 is 0 Å². The quantitative estimate of drug-likeness (QED) is 0.745. The van der Waals surface area contributed by atoms with Crippen LogP contribution in [0.1, 0.15) is 21.5 Å². The molecule has 0 bridgehead atoms. The van der Waals surface area contributed by atoms with Crippen molar-refractivity contribution in [2.24, 2.45) is 5.73 Å². The number of aromatic hydroxyl groups is 1. The summed E-state index contributed by atoms with van der Waals surface area (Å²) >= 11 is 0. The van der Waals surface area contributed by atoms with Gasteiger partial charge in [0.1, 0.15) is 23.6 Å². The maximum atomic E-state index is 13.0. The molecule has 1 amide bonds. The van der Waals surface area contributed by atoms with E-state index in [-0.39, 0.29) is 29.4 Å². The summed E-state index contributed by atoms with van der Waals surface area (Å²) in [5.74, 6) is -0.369. The number of halogens is 1. The van der Waals surface area contributed by atoms with Gasteiger partial charge in [0.25, 0.3) is 0 Å². The van der Waals surface area contributed by atoms with Crippen LogP contribution >= 0.6 is 0 Å². The number of ether oxygens (including phenoxy) is 1. The fourth-order valence-electron chi connectivity index (χ4n) is 2.33. The third-order valence-corrected chi connectivity index (χ3v) is 3.51. The maximum Gasteiger partial charge on any atom is 0.249 e. The summed E-state index contributed by atoms with van der Waals surface area (Å²) < 4.78 is 18.7. The predicted octanol–water partition coefficient (Wildman–Crippen LogP) is 2.80. The van der Waals surface area contributed by atoms with Crippen molar-refractivity contribution in [3.63, 3.8) is 0 Å². The van der Waals surface area contributed by atoms with Crippen LogP contribution in [-0.4, -0.2) is 21.0 Å². The van der Waals surface area contributed by atoms with Gasteiger partial charge in [-0.2, -0.15) is 0 Å². The number of hydrogen-bond acceptors (Lipinski definition) is 5. The number of hydrogen-bond donors (Lipinski definition) is 2. The maximum absolute atomic E-state index is 13.0. The van der Waals surface area contributed by atoms with E-state index in [1.807, 2.05) is 0 Å². The third-order valence-electron chi connectivity index (χ3n) is 3.51. The van der Waals surface area contributed by atoms with Gasteiger partial charge in [0.15, 0.2) is 0 Å². The molecule has 6 nitrogen and oxygen atoms in total. The van der Waals surface area contributed by atoms with Gasteiger partial charge < -0.3 is 15.6 Å². The molecule has 25 heavy (non-hydrogen) atoms. The molecular formula is C18H14FN3O3. The van der Waals surface area contributed by atoms with Gasteiger partial charge in [-0.1, -0.05) is 6.07 Å². The van der Waals surface area contributed by atoms with Crippen LogP contribution in [0.4, 0.5) is 4.39 Å². The van der Waals surface area contributed by atoms with Gasteiger partial charge in [0.05, 0.1) is 0 Å². The Morgan fingerprint density at radius 2 is 1.92 bits per heavy atom. The Morgan fingerprint density at radius 1 is 1.16 bits per heavy atom. The molecule has 0 aliphatic heterocycles. The predicted molar refractivity (Wildman–Crippen MR) is 87.9 cm³/mol. The molecule has 1 aromatic heterocycles. The first-order valence-corrected chi connectivity index (χ1v) is 7.37. The lowest BCUT2D eigenvalue weighted by atomic mass is 10.0. The van der Waals surface area contributed by atoms with Crippen LogP contribution in [0.25, 0.3) is 0 Å². The van der Waals surface area contributed by atoms with E-state index < -0.39 is 5.91 Å². The lowest BCUT2D eigenvalue weighted by Crippen LogP contribution is -2.14. The number of phenolic OH excluding ortho intramolecular Hbond substituents is 1. The summed E-state index contributed by atoms with van der Waals surface area (Å²) in [6.45, 7) is 0. The van der Waals surface area contributed by atoms with Crippen LogP contribution in [0.3, 0.4) is 0 Å². The molecule has 3 N–H and O–H groups in total. The van der Waals surface area contributed by atoms with Crippen LogP contribution in [0.5, 0.6) is 17.4 Å². The topological polar surface area (TPSA) is 98.3 Å². The molecular weight excluding hydrogens is 325 g/mol. The minimum absolute atomic E-state index is 0.0513. The first kappa shape index (κ1) is 16.4. The first-order chi connectivity index (χ1) is 12.0. The van der Waals surface area contributed by atoms with Crippen molar-refractivity contribution in [3.05, 3.63) is 77.5 Å². The second-order valence-corrected chi connectivity index (χ2v) is 5.29. The van der Waals surface area contributed by atoms with Crippen molar-refractivity contribution >= 4 is 5.91 Å². The highest BCUT2D eigenvalue weighted by Gasteiger charge is 2.14. The van der Waals surface area contributed by atoms with E-state index in [0.29, 0.717) is 16.9 Å². The first-order valence-electron chi connectivity index (χ1n) is 7.37. The van der Waals surface area contributed by atoms with Crippen molar-refractivity contribution < 1.29 is 19.0 Å². The van der Waals surface area contributed by atoms with Gasteiger partial charge in [-0.25, -0.2) is 14.4 Å². The molecule has 3 rings (SSSR count). The number of carbonyl (C=O) groups excluding carboxylic acids is 1. The van der Waals surface area contributed by atoms with E-state index in [1.165, 1.54) is 42.7 Å². The van der Waals surface area contributed by atoms with E-state index in [9.17, 15) is 14.3 Å². The molecule has 0 fully saturated rings. The van der Waals surface area contributed by atoms with Crippen molar-refractivity contribution in [1.82, 2.24) is 9.97 Å². The van der Waals surface area contributed by atoms with E-state index in [2.05, 4.69) is 9.97 Å². The van der Waals surface area contributed by atoms with Crippen LogP contribution < -0.4 is 10.5 Å². The Bertz CT molecular complexity index is 914. The molecule has 3 aromatic rings. The normalized spacial score (nSPS) is 10.4. The van der Waals surface area contributed by atoms with Crippen LogP contribution in [0.2, 0.25) is 0 Å². The number of nitrogens with two attached hydrogens (primary N) is 1. The standard InChI is InChI=1S/C18H14FN3O3/c19-13-2-5-15(6-3-13)25-18-12(9-21-10-22-18)7-11-1-4-14(23)8-16(11)17(20)24/h1-6,8-10,23H,7H2,(H2,20,24). The molecule has 0 spiro atoms. The number of rotatable bonds is 5. The number of amides is 1. The van der Waals surface area contributed by atoms with Crippen molar-refractivity contribution in [2.45, 2.75) is 6.42 Å². The van der Waals surface area contributed by atoms with Crippen LogP contribution in [0, 0.1) is 5.82 Å². The van der Waals surface area contributed by atoms with E-state index in [0.717, 1.165) is 0 Å². The number of phenols is 1. The summed E-state index contributed by atoms with van der Waals surface area (Å²) in [5.41, 5.74) is 6.78. The minimum Gasteiger partial charge on any atom is -0.508 e. The van der Waals surface area contributed by atoms with Crippen molar-refractivity contribution in [3.8, 4) is 17.4 Å². The zero-order valence-electron chi connectivity index (χ0n) is 13.0. The molecule has 0 atom stereocenters. The fourth-order valence-corrected chi connectivity index (χ4v) is 2.33. The van der Waals surface area contributed by atoms with Crippen LogP contribution in [-0.2, 0) is 6.42 Å². The largest absolute Gasteiger partial charge is 0.508 e. The van der Waals surface area contributed by atoms with E-state index in [1.54, 1.807) is 12.3 Å². The highest BCUT2D eigenvalue weighted by Crippen LogP contribution is 2.26. The molecule has 2 aromatic carbocycles.